The number of sulfonamides is 1. The Morgan fingerprint density at radius 3 is 2.69 bits per heavy atom. The van der Waals surface area contributed by atoms with Gasteiger partial charge < -0.3 is 5.32 Å². The number of anilines is 1. The number of hydrogen-bond acceptors (Lipinski definition) is 4. The van der Waals surface area contributed by atoms with Crippen molar-refractivity contribution < 1.29 is 13.2 Å². The smallest absolute Gasteiger partial charge is 0.257 e. The fraction of sp³-hybridized carbons (Fsp3) is 0.444. The lowest BCUT2D eigenvalue weighted by atomic mass is 10.1. The average Bonchev–Trinajstić information content (AvgIpc) is 3.00. The number of carbonyl (C=O) groups is 1. The highest BCUT2D eigenvalue weighted by atomic mass is 32.2. The summed E-state index contributed by atoms with van der Waals surface area (Å²) in [5.74, 6) is 0.0553. The molecule has 140 valence electrons. The second-order valence-electron chi connectivity index (χ2n) is 6.77. The second kappa shape index (κ2) is 7.20. The Morgan fingerprint density at radius 2 is 2.04 bits per heavy atom. The SMILES string of the molecule is Cc1ccc(S(=O)(=O)N2CCCCC2C)cc1C(=O)Nc1ccn(C)n1. The van der Waals surface area contributed by atoms with Crippen LogP contribution in [0.5, 0.6) is 0 Å². The number of carbonyl (C=O) groups excluding carboxylic acids is 1. The number of amides is 1. The Morgan fingerprint density at radius 1 is 1.27 bits per heavy atom. The first kappa shape index (κ1) is 18.6. The van der Waals surface area contributed by atoms with Crippen LogP contribution in [0.25, 0.3) is 0 Å². The number of piperidine rings is 1. The van der Waals surface area contributed by atoms with Crippen molar-refractivity contribution in [3.63, 3.8) is 0 Å². The molecule has 1 atom stereocenters. The number of nitrogens with zero attached hydrogens (tertiary/aromatic N) is 3. The van der Waals surface area contributed by atoms with Crippen LogP contribution < -0.4 is 5.32 Å². The van der Waals surface area contributed by atoms with E-state index in [1.54, 1.807) is 47.4 Å². The molecule has 8 heteroatoms. The summed E-state index contributed by atoms with van der Waals surface area (Å²) in [5.41, 5.74) is 1.05. The predicted molar refractivity (Wildman–Crippen MR) is 99.5 cm³/mol. The standard InChI is InChI=1S/C18H24N4O3S/c1-13-7-8-15(26(24,25)22-10-5-4-6-14(22)2)12-16(13)18(23)19-17-9-11-21(3)20-17/h7-9,11-12,14H,4-6,10H2,1-3H3,(H,19,20,23). The van der Waals surface area contributed by atoms with Gasteiger partial charge >= 0.3 is 0 Å². The lowest BCUT2D eigenvalue weighted by Crippen LogP contribution is -2.42. The molecule has 1 fully saturated rings. The zero-order valence-electron chi connectivity index (χ0n) is 15.3. The predicted octanol–water partition coefficient (Wildman–Crippen LogP) is 2.54. The van der Waals surface area contributed by atoms with Crippen LogP contribution in [0.2, 0.25) is 0 Å². The molecule has 1 N–H and O–H groups in total. The summed E-state index contributed by atoms with van der Waals surface area (Å²) in [5, 5.41) is 6.83. The zero-order valence-corrected chi connectivity index (χ0v) is 16.1. The van der Waals surface area contributed by atoms with Crippen molar-refractivity contribution in [3.8, 4) is 0 Å². The van der Waals surface area contributed by atoms with Crippen molar-refractivity contribution in [2.45, 2.75) is 44.0 Å². The molecule has 0 radical (unpaired) electrons. The summed E-state index contributed by atoms with van der Waals surface area (Å²) >= 11 is 0. The Hall–Kier alpha value is -2.19. The molecular formula is C18H24N4O3S. The molecule has 0 aliphatic carbocycles. The van der Waals surface area contributed by atoms with Gasteiger partial charge in [-0.05, 0) is 44.4 Å². The summed E-state index contributed by atoms with van der Waals surface area (Å²) in [6.07, 6.45) is 4.49. The summed E-state index contributed by atoms with van der Waals surface area (Å²) < 4.78 is 29.2. The van der Waals surface area contributed by atoms with Crippen LogP contribution in [-0.4, -0.2) is 41.0 Å². The Labute approximate surface area is 154 Å². The van der Waals surface area contributed by atoms with Gasteiger partial charge in [0.25, 0.3) is 5.91 Å². The number of rotatable bonds is 4. The van der Waals surface area contributed by atoms with Crippen LogP contribution in [0.4, 0.5) is 5.82 Å². The highest BCUT2D eigenvalue weighted by Crippen LogP contribution is 2.26. The molecule has 1 amide bonds. The Bertz CT molecular complexity index is 920. The van der Waals surface area contributed by atoms with Crippen LogP contribution in [0.3, 0.4) is 0 Å². The van der Waals surface area contributed by atoms with E-state index in [4.69, 9.17) is 0 Å². The van der Waals surface area contributed by atoms with Crippen molar-refractivity contribution in [1.82, 2.24) is 14.1 Å². The van der Waals surface area contributed by atoms with E-state index in [1.165, 1.54) is 6.07 Å². The molecule has 0 spiro atoms. The minimum absolute atomic E-state index is 0.0270. The minimum atomic E-state index is -3.62. The zero-order chi connectivity index (χ0) is 18.9. The molecule has 1 aliphatic rings. The summed E-state index contributed by atoms with van der Waals surface area (Å²) in [6, 6.07) is 6.37. The van der Waals surface area contributed by atoms with Crippen LogP contribution in [0.15, 0.2) is 35.4 Å². The molecule has 3 rings (SSSR count). The van der Waals surface area contributed by atoms with Crippen molar-refractivity contribution in [2.24, 2.45) is 7.05 Å². The number of hydrogen-bond donors (Lipinski definition) is 1. The van der Waals surface area contributed by atoms with E-state index in [0.717, 1.165) is 19.3 Å². The van der Waals surface area contributed by atoms with E-state index in [0.29, 0.717) is 23.5 Å². The van der Waals surface area contributed by atoms with E-state index >= 15 is 0 Å². The third-order valence-corrected chi connectivity index (χ3v) is 6.77. The highest BCUT2D eigenvalue weighted by Gasteiger charge is 2.31. The Balaban J connectivity index is 1.90. The van der Waals surface area contributed by atoms with Crippen molar-refractivity contribution in [2.75, 3.05) is 11.9 Å². The van der Waals surface area contributed by atoms with Crippen molar-refractivity contribution >= 4 is 21.7 Å². The molecule has 7 nitrogen and oxygen atoms in total. The van der Waals surface area contributed by atoms with Gasteiger partial charge in [0.05, 0.1) is 4.90 Å². The van der Waals surface area contributed by atoms with Crippen molar-refractivity contribution in [3.05, 3.63) is 41.6 Å². The first-order valence-corrected chi connectivity index (χ1v) is 10.2. The summed E-state index contributed by atoms with van der Waals surface area (Å²) in [6.45, 7) is 4.24. The van der Waals surface area contributed by atoms with Crippen molar-refractivity contribution in [1.29, 1.82) is 0 Å². The number of aromatic nitrogens is 2. The highest BCUT2D eigenvalue weighted by molar-refractivity contribution is 7.89. The molecule has 2 heterocycles. The molecular weight excluding hydrogens is 352 g/mol. The van der Waals surface area contributed by atoms with Crippen LogP contribution in [-0.2, 0) is 17.1 Å². The van der Waals surface area contributed by atoms with E-state index in [1.807, 2.05) is 6.92 Å². The first-order chi connectivity index (χ1) is 12.3. The maximum atomic E-state index is 13.0. The lowest BCUT2D eigenvalue weighted by molar-refractivity contribution is 0.102. The van der Waals surface area contributed by atoms with E-state index in [2.05, 4.69) is 10.4 Å². The monoisotopic (exact) mass is 376 g/mol. The van der Waals surface area contributed by atoms with Crippen LogP contribution >= 0.6 is 0 Å². The fourth-order valence-corrected chi connectivity index (χ4v) is 4.96. The number of benzene rings is 1. The molecule has 1 saturated heterocycles. The topological polar surface area (TPSA) is 84.3 Å². The quantitative estimate of drug-likeness (QED) is 0.889. The van der Waals surface area contributed by atoms with Gasteiger partial charge in [-0.2, -0.15) is 9.40 Å². The molecule has 1 aliphatic heterocycles. The number of nitrogens with one attached hydrogen (secondary N) is 1. The molecule has 1 aromatic heterocycles. The van der Waals surface area contributed by atoms with Crippen LogP contribution in [0.1, 0.15) is 42.1 Å². The number of aryl methyl sites for hydroxylation is 2. The third-order valence-electron chi connectivity index (χ3n) is 4.76. The van der Waals surface area contributed by atoms with Gasteiger partial charge in [-0.25, -0.2) is 8.42 Å². The Kier molecular flexibility index (Phi) is 5.15. The molecule has 1 unspecified atom stereocenters. The molecule has 0 saturated carbocycles. The van der Waals surface area contributed by atoms with Gasteiger partial charge in [-0.1, -0.05) is 12.5 Å². The van der Waals surface area contributed by atoms with Gasteiger partial charge in [-0.15, -0.1) is 0 Å². The average molecular weight is 376 g/mol. The van der Waals surface area contributed by atoms with Gasteiger partial charge in [0.15, 0.2) is 5.82 Å². The van der Waals surface area contributed by atoms with Gasteiger partial charge in [-0.3, -0.25) is 9.48 Å². The second-order valence-corrected chi connectivity index (χ2v) is 8.66. The molecule has 26 heavy (non-hydrogen) atoms. The first-order valence-electron chi connectivity index (χ1n) is 8.72. The lowest BCUT2D eigenvalue weighted by Gasteiger charge is -2.32. The summed E-state index contributed by atoms with van der Waals surface area (Å²) in [7, 11) is -1.86. The normalized spacial score (nSPS) is 18.7. The molecule has 0 bridgehead atoms. The van der Waals surface area contributed by atoms with Gasteiger partial charge in [0.2, 0.25) is 10.0 Å². The third kappa shape index (κ3) is 3.66. The maximum absolute atomic E-state index is 13.0. The largest absolute Gasteiger partial charge is 0.305 e. The van der Waals surface area contributed by atoms with Gasteiger partial charge in [0.1, 0.15) is 0 Å². The van der Waals surface area contributed by atoms with E-state index in [-0.39, 0.29) is 16.8 Å². The van der Waals surface area contributed by atoms with Crippen LogP contribution in [0, 0.1) is 6.92 Å². The van der Waals surface area contributed by atoms with E-state index in [9.17, 15) is 13.2 Å². The molecule has 1 aromatic carbocycles. The minimum Gasteiger partial charge on any atom is -0.305 e. The summed E-state index contributed by atoms with van der Waals surface area (Å²) in [4.78, 5) is 12.8. The maximum Gasteiger partial charge on any atom is 0.257 e. The fourth-order valence-electron chi connectivity index (χ4n) is 3.24. The molecule has 2 aromatic rings. The van der Waals surface area contributed by atoms with E-state index < -0.39 is 10.0 Å². The van der Waals surface area contributed by atoms with Gasteiger partial charge in [0, 0.05) is 37.5 Å².